The smallest absolute Gasteiger partial charge is 0.260 e. The number of hydrogen-bond donors (Lipinski definition) is 1. The lowest BCUT2D eigenvalue weighted by Gasteiger charge is -2.06. The van der Waals surface area contributed by atoms with Gasteiger partial charge in [-0.2, -0.15) is 10.2 Å². The average Bonchev–Trinajstić information content (AvgIpc) is 3.31. The summed E-state index contributed by atoms with van der Waals surface area (Å²) in [5.74, 6) is -0.154. The van der Waals surface area contributed by atoms with Crippen molar-refractivity contribution in [1.82, 2.24) is 24.5 Å². The third-order valence-corrected chi connectivity index (χ3v) is 4.40. The SMILES string of the molecule is Cc1nn(-c2ccc(F)cc2)c(Cl)c1C(=O)Nc1ccc(-n2cccn2)nc1. The fraction of sp³-hybridized carbons (Fsp3) is 0.0526. The van der Waals surface area contributed by atoms with Gasteiger partial charge in [0.15, 0.2) is 5.82 Å². The molecule has 140 valence electrons. The monoisotopic (exact) mass is 396 g/mol. The predicted molar refractivity (Wildman–Crippen MR) is 103 cm³/mol. The van der Waals surface area contributed by atoms with Crippen LogP contribution < -0.4 is 5.32 Å². The molecular formula is C19H14ClFN6O. The number of carbonyl (C=O) groups excluding carboxylic acids is 1. The van der Waals surface area contributed by atoms with Crippen molar-refractivity contribution in [2.45, 2.75) is 6.92 Å². The minimum Gasteiger partial charge on any atom is -0.320 e. The number of halogens is 2. The van der Waals surface area contributed by atoms with Gasteiger partial charge >= 0.3 is 0 Å². The van der Waals surface area contributed by atoms with Crippen molar-refractivity contribution in [1.29, 1.82) is 0 Å². The van der Waals surface area contributed by atoms with E-state index in [1.54, 1.807) is 42.2 Å². The number of benzene rings is 1. The second kappa shape index (κ2) is 7.24. The number of aryl methyl sites for hydroxylation is 1. The summed E-state index contributed by atoms with van der Waals surface area (Å²) >= 11 is 6.38. The van der Waals surface area contributed by atoms with Gasteiger partial charge < -0.3 is 5.32 Å². The van der Waals surface area contributed by atoms with Gasteiger partial charge in [-0.25, -0.2) is 18.7 Å². The molecule has 0 radical (unpaired) electrons. The van der Waals surface area contributed by atoms with Crippen molar-refractivity contribution in [3.8, 4) is 11.5 Å². The molecule has 0 saturated heterocycles. The van der Waals surface area contributed by atoms with E-state index in [0.29, 0.717) is 22.9 Å². The Kier molecular flexibility index (Phi) is 4.62. The highest BCUT2D eigenvalue weighted by molar-refractivity contribution is 6.34. The summed E-state index contributed by atoms with van der Waals surface area (Å²) in [4.78, 5) is 17.0. The first-order valence-electron chi connectivity index (χ1n) is 8.31. The standard InChI is InChI=1S/C19H14ClFN6O/c1-12-17(18(20)27(25-12)15-6-3-13(21)4-7-15)19(28)24-14-5-8-16(22-11-14)26-10-2-9-23-26/h2-11H,1H3,(H,24,28). The number of aromatic nitrogens is 5. The van der Waals surface area contributed by atoms with Crippen LogP contribution in [-0.2, 0) is 0 Å². The van der Waals surface area contributed by atoms with Crippen LogP contribution in [0.15, 0.2) is 61.1 Å². The number of rotatable bonds is 4. The quantitative estimate of drug-likeness (QED) is 0.569. The molecule has 0 unspecified atom stereocenters. The molecule has 0 atom stereocenters. The molecular weight excluding hydrogens is 383 g/mol. The molecule has 0 saturated carbocycles. The highest BCUT2D eigenvalue weighted by Gasteiger charge is 2.21. The van der Waals surface area contributed by atoms with Gasteiger partial charge in [0.2, 0.25) is 0 Å². The number of hydrogen-bond acceptors (Lipinski definition) is 4. The zero-order valence-electron chi connectivity index (χ0n) is 14.7. The zero-order chi connectivity index (χ0) is 19.7. The maximum atomic E-state index is 13.1. The minimum atomic E-state index is -0.412. The summed E-state index contributed by atoms with van der Waals surface area (Å²) in [5, 5.41) is 11.3. The Morgan fingerprint density at radius 1 is 1.18 bits per heavy atom. The molecule has 4 aromatic rings. The largest absolute Gasteiger partial charge is 0.320 e. The van der Waals surface area contributed by atoms with Crippen LogP contribution in [-0.4, -0.2) is 30.5 Å². The van der Waals surface area contributed by atoms with Gasteiger partial charge in [0.25, 0.3) is 5.91 Å². The molecule has 9 heteroatoms. The van der Waals surface area contributed by atoms with Gasteiger partial charge in [-0.05, 0) is 49.4 Å². The number of nitrogens with one attached hydrogen (secondary N) is 1. The summed E-state index contributed by atoms with van der Waals surface area (Å²) < 4.78 is 16.1. The minimum absolute atomic E-state index is 0.141. The van der Waals surface area contributed by atoms with Crippen LogP contribution in [0.2, 0.25) is 5.15 Å². The van der Waals surface area contributed by atoms with E-state index in [1.165, 1.54) is 35.1 Å². The van der Waals surface area contributed by atoms with Crippen molar-refractivity contribution >= 4 is 23.2 Å². The lowest BCUT2D eigenvalue weighted by atomic mass is 10.2. The summed E-state index contributed by atoms with van der Waals surface area (Å²) in [5.41, 5.74) is 1.75. The summed E-state index contributed by atoms with van der Waals surface area (Å²) in [6, 6.07) is 10.9. The van der Waals surface area contributed by atoms with Crippen LogP contribution in [0.5, 0.6) is 0 Å². The predicted octanol–water partition coefficient (Wildman–Crippen LogP) is 3.81. The van der Waals surface area contributed by atoms with E-state index in [1.807, 2.05) is 0 Å². The molecule has 0 spiro atoms. The van der Waals surface area contributed by atoms with E-state index in [9.17, 15) is 9.18 Å². The van der Waals surface area contributed by atoms with Gasteiger partial charge in [0.05, 0.1) is 23.3 Å². The summed E-state index contributed by atoms with van der Waals surface area (Å²) in [6.45, 7) is 1.68. The topological polar surface area (TPSA) is 77.6 Å². The molecule has 4 rings (SSSR count). The fourth-order valence-electron chi connectivity index (χ4n) is 2.70. The van der Waals surface area contributed by atoms with E-state index >= 15 is 0 Å². The molecule has 0 aliphatic rings. The molecule has 1 aromatic carbocycles. The van der Waals surface area contributed by atoms with Crippen molar-refractivity contribution < 1.29 is 9.18 Å². The van der Waals surface area contributed by atoms with Gasteiger partial charge in [0, 0.05) is 12.4 Å². The second-order valence-corrected chi connectivity index (χ2v) is 6.31. The first kappa shape index (κ1) is 17.9. The third-order valence-electron chi connectivity index (χ3n) is 4.05. The van der Waals surface area contributed by atoms with Crippen molar-refractivity contribution in [3.63, 3.8) is 0 Å². The lowest BCUT2D eigenvalue weighted by Crippen LogP contribution is -2.13. The molecule has 7 nitrogen and oxygen atoms in total. The molecule has 0 aliphatic carbocycles. The Balaban J connectivity index is 1.57. The Morgan fingerprint density at radius 3 is 2.61 bits per heavy atom. The number of anilines is 1. The zero-order valence-corrected chi connectivity index (χ0v) is 15.4. The lowest BCUT2D eigenvalue weighted by molar-refractivity contribution is 0.102. The van der Waals surface area contributed by atoms with Crippen LogP contribution >= 0.6 is 11.6 Å². The van der Waals surface area contributed by atoms with E-state index in [2.05, 4.69) is 20.5 Å². The van der Waals surface area contributed by atoms with E-state index < -0.39 is 5.91 Å². The Morgan fingerprint density at radius 2 is 1.96 bits per heavy atom. The first-order valence-corrected chi connectivity index (χ1v) is 8.69. The number of nitrogens with zero attached hydrogens (tertiary/aromatic N) is 5. The van der Waals surface area contributed by atoms with Crippen molar-refractivity contribution in [2.24, 2.45) is 0 Å². The molecule has 3 aromatic heterocycles. The summed E-state index contributed by atoms with van der Waals surface area (Å²) in [6.07, 6.45) is 4.96. The van der Waals surface area contributed by atoms with Crippen molar-refractivity contribution in [2.75, 3.05) is 5.32 Å². The maximum Gasteiger partial charge on any atom is 0.260 e. The molecule has 0 fully saturated rings. The van der Waals surface area contributed by atoms with Crippen LogP contribution in [0.25, 0.3) is 11.5 Å². The molecule has 28 heavy (non-hydrogen) atoms. The fourth-order valence-corrected chi connectivity index (χ4v) is 3.06. The molecule has 0 aliphatic heterocycles. The maximum absolute atomic E-state index is 13.1. The van der Waals surface area contributed by atoms with E-state index in [4.69, 9.17) is 11.6 Å². The molecule has 0 bridgehead atoms. The van der Waals surface area contributed by atoms with Crippen LogP contribution in [0.1, 0.15) is 16.1 Å². The molecule has 3 heterocycles. The van der Waals surface area contributed by atoms with Gasteiger partial charge in [0.1, 0.15) is 16.5 Å². The number of pyridine rings is 1. The Bertz CT molecular complexity index is 1120. The van der Waals surface area contributed by atoms with Gasteiger partial charge in [-0.15, -0.1) is 0 Å². The first-order chi connectivity index (χ1) is 13.5. The van der Waals surface area contributed by atoms with Crippen LogP contribution in [0.4, 0.5) is 10.1 Å². The van der Waals surface area contributed by atoms with E-state index in [0.717, 1.165) is 0 Å². The van der Waals surface area contributed by atoms with Crippen molar-refractivity contribution in [3.05, 3.63) is 83.3 Å². The summed E-state index contributed by atoms with van der Waals surface area (Å²) in [7, 11) is 0. The van der Waals surface area contributed by atoms with Crippen LogP contribution in [0, 0.1) is 12.7 Å². The Labute approximate surface area is 164 Å². The average molecular weight is 397 g/mol. The van der Waals surface area contributed by atoms with E-state index in [-0.39, 0.29) is 16.5 Å². The highest BCUT2D eigenvalue weighted by Crippen LogP contribution is 2.24. The second-order valence-electron chi connectivity index (χ2n) is 5.95. The Hall–Kier alpha value is -3.52. The van der Waals surface area contributed by atoms with Gasteiger partial charge in [-0.1, -0.05) is 11.6 Å². The third kappa shape index (κ3) is 3.37. The highest BCUT2D eigenvalue weighted by atomic mass is 35.5. The number of amides is 1. The molecule has 1 N–H and O–H groups in total. The van der Waals surface area contributed by atoms with Crippen LogP contribution in [0.3, 0.4) is 0 Å². The number of carbonyl (C=O) groups is 1. The molecule has 1 amide bonds. The normalized spacial score (nSPS) is 10.8. The van der Waals surface area contributed by atoms with Gasteiger partial charge in [-0.3, -0.25) is 4.79 Å².